The summed E-state index contributed by atoms with van der Waals surface area (Å²) in [5.74, 6) is 0.262. The van der Waals surface area contributed by atoms with Gasteiger partial charge < -0.3 is 0 Å². The van der Waals surface area contributed by atoms with Crippen LogP contribution in [0.5, 0.6) is 0 Å². The van der Waals surface area contributed by atoms with E-state index >= 15 is 0 Å². The lowest BCUT2D eigenvalue weighted by atomic mass is 9.90. The van der Waals surface area contributed by atoms with Crippen LogP contribution in [0, 0.1) is 0 Å². The zero-order valence-corrected chi connectivity index (χ0v) is 12.2. The van der Waals surface area contributed by atoms with Gasteiger partial charge in [0.25, 0.3) is 0 Å². The fourth-order valence-corrected chi connectivity index (χ4v) is 2.48. The van der Waals surface area contributed by atoms with Crippen molar-refractivity contribution in [2.24, 2.45) is 0 Å². The highest BCUT2D eigenvalue weighted by Crippen LogP contribution is 2.26. The Bertz CT molecular complexity index is 373. The van der Waals surface area contributed by atoms with Gasteiger partial charge in [-0.05, 0) is 31.0 Å². The van der Waals surface area contributed by atoms with Gasteiger partial charge in [-0.1, -0.05) is 62.8 Å². The predicted molar refractivity (Wildman–Crippen MR) is 78.3 cm³/mol. The van der Waals surface area contributed by atoms with E-state index < -0.39 is 0 Å². The van der Waals surface area contributed by atoms with Crippen LogP contribution in [0.1, 0.15) is 63.9 Å². The number of carbonyl (C=O) groups excluding carboxylic acids is 1. The van der Waals surface area contributed by atoms with E-state index in [0.29, 0.717) is 5.02 Å². The van der Waals surface area contributed by atoms with E-state index in [2.05, 4.69) is 6.92 Å². The maximum atomic E-state index is 11.7. The molecule has 0 saturated carbocycles. The van der Waals surface area contributed by atoms with Crippen molar-refractivity contribution >= 4 is 17.4 Å². The van der Waals surface area contributed by atoms with Gasteiger partial charge in [-0.25, -0.2) is 0 Å². The standard InChI is InChI=1S/C16H23ClO/c1-3-4-5-6-7-11-16(13(2)18)14-9-8-10-15(17)12-14/h8-10,12,16H,3-7,11H2,1-2H3/t16-/m1/s1. The van der Waals surface area contributed by atoms with Gasteiger partial charge in [0, 0.05) is 10.9 Å². The molecule has 1 rings (SSSR count). The molecule has 0 aliphatic rings. The summed E-state index contributed by atoms with van der Waals surface area (Å²) in [6.45, 7) is 3.89. The van der Waals surface area contributed by atoms with Crippen molar-refractivity contribution in [2.45, 2.75) is 58.3 Å². The Morgan fingerprint density at radius 3 is 2.56 bits per heavy atom. The molecule has 0 fully saturated rings. The third kappa shape index (κ3) is 5.22. The summed E-state index contributed by atoms with van der Waals surface area (Å²) in [6.07, 6.45) is 7.11. The fourth-order valence-electron chi connectivity index (χ4n) is 2.28. The van der Waals surface area contributed by atoms with Gasteiger partial charge in [0.05, 0.1) is 0 Å². The number of rotatable bonds is 8. The predicted octanol–water partition coefficient (Wildman–Crippen LogP) is 5.37. The Balaban J connectivity index is 2.53. The van der Waals surface area contributed by atoms with Gasteiger partial charge in [0.2, 0.25) is 0 Å². The van der Waals surface area contributed by atoms with E-state index in [-0.39, 0.29) is 11.7 Å². The Labute approximate surface area is 116 Å². The molecule has 0 amide bonds. The number of halogens is 1. The molecule has 100 valence electrons. The smallest absolute Gasteiger partial charge is 0.137 e. The van der Waals surface area contributed by atoms with Crippen molar-refractivity contribution in [2.75, 3.05) is 0 Å². The number of unbranched alkanes of at least 4 members (excludes halogenated alkanes) is 4. The van der Waals surface area contributed by atoms with E-state index in [9.17, 15) is 4.79 Å². The minimum atomic E-state index is 0.0188. The molecular formula is C16H23ClO. The Morgan fingerprint density at radius 1 is 1.22 bits per heavy atom. The van der Waals surface area contributed by atoms with Gasteiger partial charge in [-0.15, -0.1) is 0 Å². The number of carbonyl (C=O) groups is 1. The van der Waals surface area contributed by atoms with Crippen molar-refractivity contribution < 1.29 is 4.79 Å². The first-order valence-corrected chi connectivity index (χ1v) is 7.29. The Hall–Kier alpha value is -0.820. The molecule has 0 spiro atoms. The first-order valence-electron chi connectivity index (χ1n) is 6.91. The molecule has 18 heavy (non-hydrogen) atoms. The average Bonchev–Trinajstić information content (AvgIpc) is 2.33. The zero-order valence-electron chi connectivity index (χ0n) is 11.4. The van der Waals surface area contributed by atoms with Gasteiger partial charge in [0.1, 0.15) is 5.78 Å². The Morgan fingerprint density at radius 2 is 1.94 bits per heavy atom. The maximum Gasteiger partial charge on any atom is 0.137 e. The summed E-state index contributed by atoms with van der Waals surface area (Å²) in [5.41, 5.74) is 1.06. The SMILES string of the molecule is CCCCCCC[C@H](C(C)=O)c1cccc(Cl)c1. The number of ketones is 1. The molecule has 0 saturated heterocycles. The molecule has 0 aliphatic heterocycles. The fraction of sp³-hybridized carbons (Fsp3) is 0.562. The molecule has 0 aromatic heterocycles. The van der Waals surface area contributed by atoms with E-state index in [1.54, 1.807) is 6.92 Å². The van der Waals surface area contributed by atoms with Crippen molar-refractivity contribution in [1.82, 2.24) is 0 Å². The van der Waals surface area contributed by atoms with E-state index in [1.807, 2.05) is 24.3 Å². The van der Waals surface area contributed by atoms with Crippen LogP contribution in [0.3, 0.4) is 0 Å². The van der Waals surface area contributed by atoms with Crippen molar-refractivity contribution in [3.05, 3.63) is 34.9 Å². The highest BCUT2D eigenvalue weighted by molar-refractivity contribution is 6.30. The van der Waals surface area contributed by atoms with Crippen molar-refractivity contribution in [3.63, 3.8) is 0 Å². The zero-order chi connectivity index (χ0) is 13.4. The summed E-state index contributed by atoms with van der Waals surface area (Å²) >= 11 is 5.98. The largest absolute Gasteiger partial charge is 0.299 e. The molecule has 0 bridgehead atoms. The lowest BCUT2D eigenvalue weighted by Gasteiger charge is -2.14. The molecule has 0 unspecified atom stereocenters. The quantitative estimate of drug-likeness (QED) is 0.578. The molecule has 2 heteroatoms. The number of benzene rings is 1. The molecule has 0 radical (unpaired) electrons. The van der Waals surface area contributed by atoms with Crippen molar-refractivity contribution in [3.8, 4) is 0 Å². The first-order chi connectivity index (χ1) is 8.65. The molecule has 0 aliphatic carbocycles. The monoisotopic (exact) mass is 266 g/mol. The second-order valence-corrected chi connectivity index (χ2v) is 5.36. The number of Topliss-reactive ketones (excluding diaryl/α,β-unsaturated/α-hetero) is 1. The average molecular weight is 267 g/mol. The molecule has 1 aromatic carbocycles. The summed E-state index contributed by atoms with van der Waals surface area (Å²) in [4.78, 5) is 11.7. The summed E-state index contributed by atoms with van der Waals surface area (Å²) < 4.78 is 0. The van der Waals surface area contributed by atoms with Crippen LogP contribution in [0.25, 0.3) is 0 Å². The summed E-state index contributed by atoms with van der Waals surface area (Å²) in [5, 5.41) is 0.713. The molecule has 1 aromatic rings. The van der Waals surface area contributed by atoms with Gasteiger partial charge in [-0.2, -0.15) is 0 Å². The highest BCUT2D eigenvalue weighted by atomic mass is 35.5. The third-order valence-electron chi connectivity index (χ3n) is 3.34. The molecule has 1 atom stereocenters. The third-order valence-corrected chi connectivity index (χ3v) is 3.57. The Kier molecular flexibility index (Phi) is 7.04. The van der Waals surface area contributed by atoms with E-state index in [0.717, 1.165) is 18.4 Å². The highest BCUT2D eigenvalue weighted by Gasteiger charge is 2.16. The lowest BCUT2D eigenvalue weighted by molar-refractivity contribution is -0.118. The summed E-state index contributed by atoms with van der Waals surface area (Å²) in [6, 6.07) is 7.69. The topological polar surface area (TPSA) is 17.1 Å². The number of hydrogen-bond acceptors (Lipinski definition) is 1. The minimum Gasteiger partial charge on any atom is -0.299 e. The molecule has 0 heterocycles. The minimum absolute atomic E-state index is 0.0188. The lowest BCUT2D eigenvalue weighted by Crippen LogP contribution is -2.08. The second-order valence-electron chi connectivity index (χ2n) is 4.92. The van der Waals surface area contributed by atoms with E-state index in [1.165, 1.54) is 25.7 Å². The van der Waals surface area contributed by atoms with Crippen LogP contribution in [0.15, 0.2) is 24.3 Å². The number of hydrogen-bond donors (Lipinski definition) is 0. The van der Waals surface area contributed by atoms with Crippen LogP contribution in [-0.2, 0) is 4.79 Å². The van der Waals surface area contributed by atoms with Gasteiger partial charge >= 0.3 is 0 Å². The molecular weight excluding hydrogens is 244 g/mol. The molecule has 0 N–H and O–H groups in total. The molecule has 1 nitrogen and oxygen atoms in total. The van der Waals surface area contributed by atoms with Crippen LogP contribution in [-0.4, -0.2) is 5.78 Å². The maximum absolute atomic E-state index is 11.7. The normalized spacial score (nSPS) is 12.4. The second kappa shape index (κ2) is 8.31. The van der Waals surface area contributed by atoms with Gasteiger partial charge in [0.15, 0.2) is 0 Å². The summed E-state index contributed by atoms with van der Waals surface area (Å²) in [7, 11) is 0. The van der Waals surface area contributed by atoms with Crippen LogP contribution >= 0.6 is 11.6 Å². The first kappa shape index (κ1) is 15.2. The van der Waals surface area contributed by atoms with Crippen molar-refractivity contribution in [1.29, 1.82) is 0 Å². The van der Waals surface area contributed by atoms with Gasteiger partial charge in [-0.3, -0.25) is 4.79 Å². The van der Waals surface area contributed by atoms with Crippen LogP contribution in [0.2, 0.25) is 5.02 Å². The van der Waals surface area contributed by atoms with Crippen LogP contribution < -0.4 is 0 Å². The van der Waals surface area contributed by atoms with Crippen LogP contribution in [0.4, 0.5) is 0 Å². The van der Waals surface area contributed by atoms with E-state index in [4.69, 9.17) is 11.6 Å².